The molecular weight excluding hydrogens is 234 g/mol. The van der Waals surface area contributed by atoms with E-state index in [-0.39, 0.29) is 6.10 Å². The van der Waals surface area contributed by atoms with Gasteiger partial charge in [-0.25, -0.2) is 0 Å². The summed E-state index contributed by atoms with van der Waals surface area (Å²) in [5, 5.41) is 3.63. The molecule has 0 aromatic heterocycles. The van der Waals surface area contributed by atoms with E-state index in [1.807, 2.05) is 0 Å². The second-order valence-electron chi connectivity index (χ2n) is 5.32. The predicted octanol–water partition coefficient (Wildman–Crippen LogP) is 4.56. The average molecular weight is 263 g/mol. The number of hydrogen-bond acceptors (Lipinski definition) is 2. The summed E-state index contributed by atoms with van der Waals surface area (Å²) in [6, 6.07) is 8.83. The molecule has 1 atom stereocenters. The zero-order chi connectivity index (χ0) is 14.3. The van der Waals surface area contributed by atoms with E-state index in [0.29, 0.717) is 12.0 Å². The minimum atomic E-state index is 0.213. The van der Waals surface area contributed by atoms with Crippen molar-refractivity contribution in [3.05, 3.63) is 29.8 Å². The molecule has 0 heterocycles. The van der Waals surface area contributed by atoms with Crippen LogP contribution in [-0.2, 0) is 0 Å². The van der Waals surface area contributed by atoms with Gasteiger partial charge in [-0.1, -0.05) is 51.8 Å². The lowest BCUT2D eigenvalue weighted by Gasteiger charge is -2.28. The van der Waals surface area contributed by atoms with Crippen molar-refractivity contribution < 1.29 is 4.74 Å². The van der Waals surface area contributed by atoms with Crippen LogP contribution in [0.1, 0.15) is 59.1 Å². The lowest BCUT2D eigenvalue weighted by molar-refractivity contribution is 0.232. The highest BCUT2D eigenvalue weighted by molar-refractivity contribution is 5.36. The molecule has 0 saturated carbocycles. The van der Waals surface area contributed by atoms with Gasteiger partial charge in [-0.3, -0.25) is 0 Å². The Bertz CT molecular complexity index is 358. The Hall–Kier alpha value is -1.02. The first-order chi connectivity index (χ1) is 9.13. The molecule has 0 amide bonds. The van der Waals surface area contributed by atoms with E-state index in [2.05, 4.69) is 64.2 Å². The maximum absolute atomic E-state index is 5.97. The van der Waals surface area contributed by atoms with Crippen LogP contribution in [0.2, 0.25) is 0 Å². The molecule has 1 rings (SSSR count). The maximum atomic E-state index is 5.97. The Morgan fingerprint density at radius 3 is 2.21 bits per heavy atom. The third-order valence-electron chi connectivity index (χ3n) is 3.56. The summed E-state index contributed by atoms with van der Waals surface area (Å²) >= 11 is 0. The summed E-state index contributed by atoms with van der Waals surface area (Å²) in [5.74, 6) is 1.67. The van der Waals surface area contributed by atoms with Crippen molar-refractivity contribution in [2.24, 2.45) is 5.92 Å². The summed E-state index contributed by atoms with van der Waals surface area (Å²) in [5.41, 5.74) is 1.30. The molecule has 108 valence electrons. The summed E-state index contributed by atoms with van der Waals surface area (Å²) in [6.07, 6.45) is 2.58. The largest absolute Gasteiger partial charge is 0.491 e. The molecule has 0 bridgehead atoms. The first-order valence-electron chi connectivity index (χ1n) is 7.62. The van der Waals surface area contributed by atoms with Crippen molar-refractivity contribution in [1.82, 2.24) is 5.32 Å². The summed E-state index contributed by atoms with van der Waals surface area (Å²) in [6.45, 7) is 11.8. The van der Waals surface area contributed by atoms with Crippen molar-refractivity contribution in [2.45, 2.75) is 59.6 Å². The highest BCUT2D eigenvalue weighted by atomic mass is 16.5. The number of nitrogens with one attached hydrogen (secondary N) is 1. The van der Waals surface area contributed by atoms with E-state index < -0.39 is 0 Å². The van der Waals surface area contributed by atoms with Gasteiger partial charge in [0.1, 0.15) is 5.75 Å². The van der Waals surface area contributed by atoms with Gasteiger partial charge in [0, 0.05) is 11.6 Å². The van der Waals surface area contributed by atoms with Gasteiger partial charge in [0.15, 0.2) is 0 Å². The van der Waals surface area contributed by atoms with Crippen LogP contribution in [0, 0.1) is 5.92 Å². The quantitative estimate of drug-likeness (QED) is 0.742. The average Bonchev–Trinajstić information content (AvgIpc) is 2.39. The second-order valence-corrected chi connectivity index (χ2v) is 5.32. The van der Waals surface area contributed by atoms with E-state index in [0.717, 1.165) is 12.3 Å². The first-order valence-corrected chi connectivity index (χ1v) is 7.62. The number of ether oxygens (including phenoxy) is 1. The van der Waals surface area contributed by atoms with Gasteiger partial charge in [-0.2, -0.15) is 0 Å². The molecular formula is C17H29NO. The minimum absolute atomic E-state index is 0.213. The standard InChI is InChI=1S/C17H29NO/c1-6-14(7-2)17(18-8-3)15-11-9-10-12-16(15)19-13(4)5/h9-14,17-18H,6-8H2,1-5H3. The van der Waals surface area contributed by atoms with E-state index in [4.69, 9.17) is 4.74 Å². The molecule has 1 N–H and O–H groups in total. The molecule has 2 heteroatoms. The minimum Gasteiger partial charge on any atom is -0.491 e. The van der Waals surface area contributed by atoms with Crippen LogP contribution in [0.5, 0.6) is 5.75 Å². The number of para-hydroxylation sites is 1. The van der Waals surface area contributed by atoms with Crippen LogP contribution in [0.25, 0.3) is 0 Å². The van der Waals surface area contributed by atoms with Crippen molar-refractivity contribution in [3.63, 3.8) is 0 Å². The number of benzene rings is 1. The molecule has 1 aromatic rings. The Kier molecular flexibility index (Phi) is 6.93. The lowest BCUT2D eigenvalue weighted by atomic mass is 9.88. The van der Waals surface area contributed by atoms with Crippen LogP contribution in [0.3, 0.4) is 0 Å². The molecule has 0 radical (unpaired) electrons. The second kappa shape index (κ2) is 8.21. The summed E-state index contributed by atoms with van der Waals surface area (Å²) < 4.78 is 5.97. The molecule has 2 nitrogen and oxygen atoms in total. The lowest BCUT2D eigenvalue weighted by Crippen LogP contribution is -2.28. The van der Waals surface area contributed by atoms with Crippen LogP contribution >= 0.6 is 0 Å². The van der Waals surface area contributed by atoms with Gasteiger partial charge in [0.05, 0.1) is 6.10 Å². The molecule has 0 spiro atoms. The molecule has 0 aliphatic rings. The van der Waals surface area contributed by atoms with Gasteiger partial charge < -0.3 is 10.1 Å². The molecule has 0 saturated heterocycles. The Morgan fingerprint density at radius 1 is 1.05 bits per heavy atom. The molecule has 19 heavy (non-hydrogen) atoms. The molecule has 1 unspecified atom stereocenters. The smallest absolute Gasteiger partial charge is 0.124 e. The van der Waals surface area contributed by atoms with Gasteiger partial charge in [-0.05, 0) is 32.4 Å². The Morgan fingerprint density at radius 2 is 1.68 bits per heavy atom. The monoisotopic (exact) mass is 263 g/mol. The van der Waals surface area contributed by atoms with Gasteiger partial charge in [-0.15, -0.1) is 0 Å². The molecule has 0 aliphatic heterocycles. The van der Waals surface area contributed by atoms with Crippen molar-refractivity contribution in [2.75, 3.05) is 6.54 Å². The van der Waals surface area contributed by atoms with Crippen molar-refractivity contribution in [1.29, 1.82) is 0 Å². The summed E-state index contributed by atoms with van der Waals surface area (Å²) in [4.78, 5) is 0. The zero-order valence-corrected chi connectivity index (χ0v) is 13.1. The fraction of sp³-hybridized carbons (Fsp3) is 0.647. The van der Waals surface area contributed by atoms with Gasteiger partial charge in [0.2, 0.25) is 0 Å². The molecule has 0 aliphatic carbocycles. The van der Waals surface area contributed by atoms with E-state index >= 15 is 0 Å². The highest BCUT2D eigenvalue weighted by Gasteiger charge is 2.22. The predicted molar refractivity (Wildman–Crippen MR) is 82.7 cm³/mol. The SMILES string of the molecule is CCNC(c1ccccc1OC(C)C)C(CC)CC. The zero-order valence-electron chi connectivity index (χ0n) is 13.1. The number of hydrogen-bond donors (Lipinski definition) is 1. The van der Waals surface area contributed by atoms with E-state index in [9.17, 15) is 0 Å². The van der Waals surface area contributed by atoms with Crippen LogP contribution in [0.4, 0.5) is 0 Å². The summed E-state index contributed by atoms with van der Waals surface area (Å²) in [7, 11) is 0. The normalized spacial score (nSPS) is 13.0. The van der Waals surface area contributed by atoms with Crippen LogP contribution in [0.15, 0.2) is 24.3 Å². The van der Waals surface area contributed by atoms with Crippen LogP contribution in [-0.4, -0.2) is 12.6 Å². The Balaban J connectivity index is 3.06. The van der Waals surface area contributed by atoms with E-state index in [1.54, 1.807) is 0 Å². The third-order valence-corrected chi connectivity index (χ3v) is 3.56. The first kappa shape index (κ1) is 16.0. The van der Waals surface area contributed by atoms with Crippen molar-refractivity contribution >= 4 is 0 Å². The Labute approximate surface area is 118 Å². The topological polar surface area (TPSA) is 21.3 Å². The fourth-order valence-corrected chi connectivity index (χ4v) is 2.61. The fourth-order valence-electron chi connectivity index (χ4n) is 2.61. The van der Waals surface area contributed by atoms with Gasteiger partial charge >= 0.3 is 0 Å². The van der Waals surface area contributed by atoms with Crippen LogP contribution < -0.4 is 10.1 Å². The number of rotatable bonds is 8. The third kappa shape index (κ3) is 4.54. The van der Waals surface area contributed by atoms with E-state index in [1.165, 1.54) is 18.4 Å². The molecule has 0 fully saturated rings. The van der Waals surface area contributed by atoms with Crippen molar-refractivity contribution in [3.8, 4) is 5.75 Å². The molecule has 1 aromatic carbocycles. The highest BCUT2D eigenvalue weighted by Crippen LogP contribution is 2.33. The maximum Gasteiger partial charge on any atom is 0.124 e. The van der Waals surface area contributed by atoms with Gasteiger partial charge in [0.25, 0.3) is 0 Å².